The fourth-order valence-corrected chi connectivity index (χ4v) is 5.18. The number of hydrogen-bond acceptors (Lipinski definition) is 6. The summed E-state index contributed by atoms with van der Waals surface area (Å²) in [7, 11) is 0. The topological polar surface area (TPSA) is 75.4 Å². The van der Waals surface area contributed by atoms with Crippen LogP contribution in [0.1, 0.15) is 43.5 Å². The zero-order valence-electron chi connectivity index (χ0n) is 18.5. The summed E-state index contributed by atoms with van der Waals surface area (Å²) < 4.78 is 16.4. The van der Waals surface area contributed by atoms with Gasteiger partial charge < -0.3 is 5.11 Å². The third kappa shape index (κ3) is 6.32. The summed E-state index contributed by atoms with van der Waals surface area (Å²) in [6, 6.07) is 7.76. The number of Topliss-reactive ketones (excluding diaryl/α,β-unsaturated/α-hetero) is 1. The summed E-state index contributed by atoms with van der Waals surface area (Å²) in [4.78, 5) is 27.1. The van der Waals surface area contributed by atoms with E-state index < -0.39 is 6.04 Å². The molecule has 2 aromatic rings. The number of aromatic nitrogens is 2. The van der Waals surface area contributed by atoms with Crippen LogP contribution in [-0.4, -0.2) is 55.6 Å². The quantitative estimate of drug-likeness (QED) is 0.601. The molecule has 0 amide bonds. The van der Waals surface area contributed by atoms with Crippen LogP contribution in [0, 0.1) is 11.7 Å². The van der Waals surface area contributed by atoms with Crippen LogP contribution in [0.4, 0.5) is 4.39 Å². The number of halogens is 2. The van der Waals surface area contributed by atoms with Crippen molar-refractivity contribution in [1.82, 2.24) is 14.7 Å². The molecule has 1 N–H and O–H groups in total. The van der Waals surface area contributed by atoms with E-state index in [9.17, 15) is 14.0 Å². The molecule has 4 rings (SSSR count). The maximum atomic E-state index is 14.7. The van der Waals surface area contributed by atoms with Gasteiger partial charge >= 0.3 is 0 Å². The maximum absolute atomic E-state index is 14.7. The molecule has 1 saturated heterocycles. The molecule has 6 nitrogen and oxygen atoms in total. The molecular formula is C24H29ClFN3O3S. The van der Waals surface area contributed by atoms with Gasteiger partial charge in [-0.15, -0.1) is 12.4 Å². The molecule has 2 aliphatic rings. The second-order valence-electron chi connectivity index (χ2n) is 8.40. The molecule has 33 heavy (non-hydrogen) atoms. The van der Waals surface area contributed by atoms with Gasteiger partial charge in [0.2, 0.25) is 0 Å². The molecule has 9 heteroatoms. The monoisotopic (exact) mass is 493 g/mol. The number of hydrogen-bond donors (Lipinski definition) is 1. The Bertz CT molecular complexity index is 1020. The number of rotatable bonds is 8. The molecule has 1 saturated carbocycles. The van der Waals surface area contributed by atoms with E-state index in [0.29, 0.717) is 31.6 Å². The van der Waals surface area contributed by atoms with Gasteiger partial charge in [0.15, 0.2) is 10.9 Å². The van der Waals surface area contributed by atoms with E-state index in [1.54, 1.807) is 36.0 Å². The van der Waals surface area contributed by atoms with Crippen molar-refractivity contribution in [3.8, 4) is 0 Å². The molecule has 1 aromatic carbocycles. The first kappa shape index (κ1) is 25.6. The highest BCUT2D eigenvalue weighted by Gasteiger charge is 2.41. The van der Waals surface area contributed by atoms with Gasteiger partial charge in [-0.05, 0) is 43.0 Å². The second kappa shape index (κ2) is 11.4. The average Bonchev–Trinajstić information content (AvgIpc) is 3.52. The lowest BCUT2D eigenvalue weighted by atomic mass is 9.93. The van der Waals surface area contributed by atoms with Gasteiger partial charge in [-0.3, -0.25) is 19.2 Å². The van der Waals surface area contributed by atoms with Crippen molar-refractivity contribution in [3.05, 3.63) is 59.2 Å². The third-order valence-electron chi connectivity index (χ3n) is 5.92. The Hall–Kier alpha value is -2.00. The SMILES string of the molecule is CC(=O)SC1CCN(C(C(=O)C2CC2)c2ccccc2F)CC1=Cc1ccn(CCO)n1.Cl. The second-order valence-corrected chi connectivity index (χ2v) is 9.78. The molecule has 2 unspecified atom stereocenters. The maximum Gasteiger partial charge on any atom is 0.186 e. The Labute approximate surface area is 203 Å². The van der Waals surface area contributed by atoms with Gasteiger partial charge in [0, 0.05) is 42.9 Å². The molecule has 2 fully saturated rings. The summed E-state index contributed by atoms with van der Waals surface area (Å²) in [6.07, 6.45) is 6.18. The molecule has 1 aromatic heterocycles. The molecule has 1 aliphatic carbocycles. The first-order chi connectivity index (χ1) is 15.5. The number of carbonyl (C=O) groups is 2. The van der Waals surface area contributed by atoms with Crippen LogP contribution in [0.2, 0.25) is 0 Å². The normalized spacial score (nSPS) is 20.9. The fraction of sp³-hybridized carbons (Fsp3) is 0.458. The average molecular weight is 494 g/mol. The van der Waals surface area contributed by atoms with E-state index in [2.05, 4.69) is 5.10 Å². The van der Waals surface area contributed by atoms with Crippen LogP contribution in [0.3, 0.4) is 0 Å². The van der Waals surface area contributed by atoms with Crippen molar-refractivity contribution in [2.24, 2.45) is 5.92 Å². The van der Waals surface area contributed by atoms with Crippen LogP contribution >= 0.6 is 24.2 Å². The number of thioether (sulfide) groups is 1. The van der Waals surface area contributed by atoms with E-state index in [4.69, 9.17) is 5.11 Å². The van der Waals surface area contributed by atoms with Crippen LogP contribution in [0.25, 0.3) is 6.08 Å². The number of aliphatic hydroxyl groups is 1. The van der Waals surface area contributed by atoms with Gasteiger partial charge in [0.05, 0.1) is 24.9 Å². The number of nitrogens with zero attached hydrogens (tertiary/aromatic N) is 3. The van der Waals surface area contributed by atoms with E-state index >= 15 is 0 Å². The molecule has 0 spiro atoms. The Kier molecular flexibility index (Phi) is 8.87. The fourth-order valence-electron chi connectivity index (χ4n) is 4.27. The molecule has 2 heterocycles. The number of aliphatic hydroxyl groups excluding tert-OH is 1. The summed E-state index contributed by atoms with van der Waals surface area (Å²) in [5.74, 6) is -0.273. The summed E-state index contributed by atoms with van der Waals surface area (Å²) in [6.45, 7) is 3.05. The lowest BCUT2D eigenvalue weighted by Crippen LogP contribution is -2.43. The lowest BCUT2D eigenvalue weighted by Gasteiger charge is -2.38. The first-order valence-electron chi connectivity index (χ1n) is 11.0. The third-order valence-corrected chi connectivity index (χ3v) is 7.08. The minimum Gasteiger partial charge on any atom is -0.394 e. The molecular weight excluding hydrogens is 465 g/mol. The summed E-state index contributed by atoms with van der Waals surface area (Å²) in [5.41, 5.74) is 2.16. The zero-order valence-corrected chi connectivity index (χ0v) is 20.2. The number of ketones is 1. The number of benzene rings is 1. The largest absolute Gasteiger partial charge is 0.394 e. The minimum atomic E-state index is -0.623. The van der Waals surface area contributed by atoms with Gasteiger partial charge in [-0.25, -0.2) is 4.39 Å². The van der Waals surface area contributed by atoms with Gasteiger partial charge in [0.25, 0.3) is 0 Å². The lowest BCUT2D eigenvalue weighted by molar-refractivity contribution is -0.126. The number of carbonyl (C=O) groups excluding carboxylic acids is 2. The number of piperidine rings is 1. The first-order valence-corrected chi connectivity index (χ1v) is 11.9. The molecule has 2 atom stereocenters. The Morgan fingerprint density at radius 1 is 1.27 bits per heavy atom. The van der Waals surface area contributed by atoms with Gasteiger partial charge in [0.1, 0.15) is 5.82 Å². The van der Waals surface area contributed by atoms with Crippen molar-refractivity contribution in [2.45, 2.75) is 44.0 Å². The highest BCUT2D eigenvalue weighted by molar-refractivity contribution is 8.14. The van der Waals surface area contributed by atoms with Crippen molar-refractivity contribution in [1.29, 1.82) is 0 Å². The molecule has 1 aliphatic heterocycles. The van der Waals surface area contributed by atoms with Crippen molar-refractivity contribution >= 4 is 41.1 Å². The number of likely N-dealkylation sites (tertiary alicyclic amines) is 1. The van der Waals surface area contributed by atoms with Crippen molar-refractivity contribution in [2.75, 3.05) is 19.7 Å². The van der Waals surface area contributed by atoms with Crippen LogP contribution in [0.15, 0.2) is 42.1 Å². The van der Waals surface area contributed by atoms with E-state index in [1.807, 2.05) is 17.0 Å². The molecule has 0 radical (unpaired) electrons. The standard InChI is InChI=1S/C24H28FN3O3S.ClH/c1-16(30)32-22-9-10-27(15-18(22)14-19-8-11-28(26-19)12-13-29)23(24(31)17-6-7-17)20-4-2-3-5-21(20)25;/h2-5,8,11,14,17,22-23,29H,6-7,9-10,12-13,15H2,1H3;1H. The predicted octanol–water partition coefficient (Wildman–Crippen LogP) is 3.89. The van der Waals surface area contributed by atoms with Crippen molar-refractivity contribution < 1.29 is 19.1 Å². The van der Waals surface area contributed by atoms with E-state index in [-0.39, 0.29) is 46.9 Å². The summed E-state index contributed by atoms with van der Waals surface area (Å²) >= 11 is 1.29. The minimum absolute atomic E-state index is 0. The highest BCUT2D eigenvalue weighted by atomic mass is 35.5. The van der Waals surface area contributed by atoms with Crippen molar-refractivity contribution in [3.63, 3.8) is 0 Å². The molecule has 0 bridgehead atoms. The van der Waals surface area contributed by atoms with Crippen LogP contribution in [0.5, 0.6) is 0 Å². The Morgan fingerprint density at radius 3 is 2.70 bits per heavy atom. The van der Waals surface area contributed by atoms with E-state index in [0.717, 1.165) is 24.1 Å². The zero-order chi connectivity index (χ0) is 22.7. The summed E-state index contributed by atoms with van der Waals surface area (Å²) in [5, 5.41) is 13.6. The molecule has 178 valence electrons. The van der Waals surface area contributed by atoms with Gasteiger partial charge in [-0.1, -0.05) is 30.0 Å². The Morgan fingerprint density at radius 2 is 2.03 bits per heavy atom. The van der Waals surface area contributed by atoms with Gasteiger partial charge in [-0.2, -0.15) is 5.10 Å². The highest BCUT2D eigenvalue weighted by Crippen LogP contribution is 2.40. The van der Waals surface area contributed by atoms with E-state index in [1.165, 1.54) is 17.8 Å². The predicted molar refractivity (Wildman–Crippen MR) is 130 cm³/mol. The smallest absolute Gasteiger partial charge is 0.186 e. The van der Waals surface area contributed by atoms with Crippen LogP contribution < -0.4 is 0 Å². The Balaban J connectivity index is 0.00000306. The van der Waals surface area contributed by atoms with Crippen LogP contribution in [-0.2, 0) is 16.1 Å².